The van der Waals surface area contributed by atoms with Crippen molar-refractivity contribution in [3.8, 4) is 11.5 Å². The highest BCUT2D eigenvalue weighted by atomic mass is 16.5. The second-order valence-electron chi connectivity index (χ2n) is 4.98. The summed E-state index contributed by atoms with van der Waals surface area (Å²) in [6, 6.07) is 12.9. The van der Waals surface area contributed by atoms with Crippen molar-refractivity contribution in [2.45, 2.75) is 19.4 Å². The number of hydrogen-bond donors (Lipinski definition) is 0. The zero-order valence-corrected chi connectivity index (χ0v) is 11.6. The first kappa shape index (κ1) is 12.7. The SMILES string of the molecule is COc1ccccc1C(=O)c1ccc2c(c1)CC(C)O2. The molecule has 2 aromatic carbocycles. The first-order chi connectivity index (χ1) is 9.69. The van der Waals surface area contributed by atoms with Crippen molar-refractivity contribution in [3.05, 3.63) is 59.2 Å². The molecular formula is C17H16O3. The van der Waals surface area contributed by atoms with Crippen LogP contribution in [0.5, 0.6) is 11.5 Å². The van der Waals surface area contributed by atoms with E-state index in [-0.39, 0.29) is 11.9 Å². The van der Waals surface area contributed by atoms with Gasteiger partial charge >= 0.3 is 0 Å². The molecule has 3 rings (SSSR count). The molecule has 0 N–H and O–H groups in total. The number of ketones is 1. The Balaban J connectivity index is 1.97. The van der Waals surface area contributed by atoms with E-state index in [1.165, 1.54) is 0 Å². The van der Waals surface area contributed by atoms with Gasteiger partial charge in [0.15, 0.2) is 5.78 Å². The van der Waals surface area contributed by atoms with Gasteiger partial charge in [-0.1, -0.05) is 12.1 Å². The van der Waals surface area contributed by atoms with Crippen molar-refractivity contribution in [1.29, 1.82) is 0 Å². The van der Waals surface area contributed by atoms with E-state index < -0.39 is 0 Å². The molecule has 0 saturated carbocycles. The summed E-state index contributed by atoms with van der Waals surface area (Å²) in [5.74, 6) is 1.46. The summed E-state index contributed by atoms with van der Waals surface area (Å²) in [4.78, 5) is 12.6. The number of benzene rings is 2. The lowest BCUT2D eigenvalue weighted by molar-refractivity contribution is 0.103. The lowest BCUT2D eigenvalue weighted by Gasteiger charge is -2.08. The van der Waals surface area contributed by atoms with E-state index in [0.29, 0.717) is 16.9 Å². The van der Waals surface area contributed by atoms with Crippen LogP contribution >= 0.6 is 0 Å². The minimum absolute atomic E-state index is 0.0233. The van der Waals surface area contributed by atoms with Crippen LogP contribution in [0.1, 0.15) is 28.4 Å². The molecule has 0 aliphatic carbocycles. The maximum atomic E-state index is 12.6. The normalized spacial score (nSPS) is 16.4. The van der Waals surface area contributed by atoms with Crippen LogP contribution in [0.15, 0.2) is 42.5 Å². The second kappa shape index (κ2) is 5.00. The van der Waals surface area contributed by atoms with E-state index in [1.54, 1.807) is 19.2 Å². The van der Waals surface area contributed by atoms with Crippen LogP contribution in [-0.4, -0.2) is 19.0 Å². The number of hydrogen-bond acceptors (Lipinski definition) is 3. The third kappa shape index (κ3) is 2.16. The number of methoxy groups -OCH3 is 1. The Labute approximate surface area is 118 Å². The topological polar surface area (TPSA) is 35.5 Å². The van der Waals surface area contributed by atoms with Gasteiger partial charge in [0, 0.05) is 12.0 Å². The zero-order chi connectivity index (χ0) is 14.1. The van der Waals surface area contributed by atoms with Crippen LogP contribution in [-0.2, 0) is 6.42 Å². The van der Waals surface area contributed by atoms with Gasteiger partial charge in [-0.05, 0) is 42.8 Å². The van der Waals surface area contributed by atoms with Crippen molar-refractivity contribution >= 4 is 5.78 Å². The van der Waals surface area contributed by atoms with Gasteiger partial charge in [0.2, 0.25) is 0 Å². The van der Waals surface area contributed by atoms with Crippen molar-refractivity contribution in [2.75, 3.05) is 7.11 Å². The standard InChI is InChI=1S/C17H16O3/c1-11-9-13-10-12(7-8-15(13)20-11)17(18)14-5-3-4-6-16(14)19-2/h3-8,10-11H,9H2,1-2H3. The largest absolute Gasteiger partial charge is 0.496 e. The van der Waals surface area contributed by atoms with Crippen molar-refractivity contribution in [2.24, 2.45) is 0 Å². The summed E-state index contributed by atoms with van der Waals surface area (Å²) >= 11 is 0. The van der Waals surface area contributed by atoms with Crippen LogP contribution in [0.25, 0.3) is 0 Å². The molecule has 2 aromatic rings. The number of carbonyl (C=O) groups excluding carboxylic acids is 1. The van der Waals surface area contributed by atoms with Crippen LogP contribution in [0.3, 0.4) is 0 Å². The molecule has 0 saturated heterocycles. The molecular weight excluding hydrogens is 252 g/mol. The molecule has 0 spiro atoms. The number of ether oxygens (including phenoxy) is 2. The van der Waals surface area contributed by atoms with Crippen molar-refractivity contribution in [1.82, 2.24) is 0 Å². The summed E-state index contributed by atoms with van der Waals surface area (Å²) in [7, 11) is 1.57. The van der Waals surface area contributed by atoms with Gasteiger partial charge in [0.05, 0.1) is 12.7 Å². The Morgan fingerprint density at radius 1 is 1.25 bits per heavy atom. The lowest BCUT2D eigenvalue weighted by atomic mass is 9.99. The van der Waals surface area contributed by atoms with Gasteiger partial charge in [-0.15, -0.1) is 0 Å². The Hall–Kier alpha value is -2.29. The number of fused-ring (bicyclic) bond motifs is 1. The molecule has 1 aliphatic heterocycles. The smallest absolute Gasteiger partial charge is 0.196 e. The fraction of sp³-hybridized carbons (Fsp3) is 0.235. The first-order valence-electron chi connectivity index (χ1n) is 6.66. The molecule has 1 heterocycles. The fourth-order valence-electron chi connectivity index (χ4n) is 2.55. The van der Waals surface area contributed by atoms with Crippen LogP contribution in [0.2, 0.25) is 0 Å². The van der Waals surface area contributed by atoms with Gasteiger partial charge in [0.25, 0.3) is 0 Å². The highest BCUT2D eigenvalue weighted by Gasteiger charge is 2.21. The molecule has 1 aliphatic rings. The monoisotopic (exact) mass is 268 g/mol. The van der Waals surface area contributed by atoms with E-state index in [9.17, 15) is 4.79 Å². The molecule has 1 atom stereocenters. The average molecular weight is 268 g/mol. The first-order valence-corrected chi connectivity index (χ1v) is 6.66. The predicted molar refractivity (Wildman–Crippen MR) is 76.7 cm³/mol. The van der Waals surface area contributed by atoms with Crippen LogP contribution in [0.4, 0.5) is 0 Å². The summed E-state index contributed by atoms with van der Waals surface area (Å²) < 4.78 is 10.9. The third-order valence-corrected chi connectivity index (χ3v) is 3.51. The molecule has 0 amide bonds. The minimum Gasteiger partial charge on any atom is -0.496 e. The second-order valence-corrected chi connectivity index (χ2v) is 4.98. The van der Waals surface area contributed by atoms with Crippen LogP contribution in [0, 0.1) is 0 Å². The molecule has 0 bridgehead atoms. The molecule has 3 nitrogen and oxygen atoms in total. The molecule has 0 aromatic heterocycles. The Morgan fingerprint density at radius 3 is 2.85 bits per heavy atom. The maximum Gasteiger partial charge on any atom is 0.196 e. The predicted octanol–water partition coefficient (Wildman–Crippen LogP) is 3.25. The number of rotatable bonds is 3. The van der Waals surface area contributed by atoms with E-state index in [0.717, 1.165) is 17.7 Å². The Morgan fingerprint density at radius 2 is 2.05 bits per heavy atom. The van der Waals surface area contributed by atoms with Gasteiger partial charge in [-0.2, -0.15) is 0 Å². The molecule has 102 valence electrons. The van der Waals surface area contributed by atoms with E-state index in [4.69, 9.17) is 9.47 Å². The maximum absolute atomic E-state index is 12.6. The van der Waals surface area contributed by atoms with E-state index in [2.05, 4.69) is 0 Å². The van der Waals surface area contributed by atoms with Gasteiger partial charge in [-0.25, -0.2) is 0 Å². The molecule has 1 unspecified atom stereocenters. The van der Waals surface area contributed by atoms with Gasteiger partial charge in [-0.3, -0.25) is 4.79 Å². The van der Waals surface area contributed by atoms with Crippen molar-refractivity contribution in [3.63, 3.8) is 0 Å². The highest BCUT2D eigenvalue weighted by molar-refractivity contribution is 6.10. The molecule has 20 heavy (non-hydrogen) atoms. The Bertz CT molecular complexity index is 661. The summed E-state index contributed by atoms with van der Waals surface area (Å²) in [5.41, 5.74) is 2.35. The van der Waals surface area contributed by atoms with E-state index >= 15 is 0 Å². The van der Waals surface area contributed by atoms with Gasteiger partial charge < -0.3 is 9.47 Å². The number of carbonyl (C=O) groups is 1. The molecule has 0 fully saturated rings. The quantitative estimate of drug-likeness (QED) is 0.802. The average Bonchev–Trinajstić information content (AvgIpc) is 2.85. The summed E-state index contributed by atoms with van der Waals surface area (Å²) in [6.07, 6.45) is 1.03. The van der Waals surface area contributed by atoms with Gasteiger partial charge in [0.1, 0.15) is 17.6 Å². The molecule has 3 heteroatoms. The third-order valence-electron chi connectivity index (χ3n) is 3.51. The number of para-hydroxylation sites is 1. The summed E-state index contributed by atoms with van der Waals surface area (Å²) in [6.45, 7) is 2.03. The lowest BCUT2D eigenvalue weighted by Crippen LogP contribution is -2.05. The zero-order valence-electron chi connectivity index (χ0n) is 11.6. The van der Waals surface area contributed by atoms with Crippen LogP contribution < -0.4 is 9.47 Å². The molecule has 0 radical (unpaired) electrons. The summed E-state index contributed by atoms with van der Waals surface area (Å²) in [5, 5.41) is 0. The highest BCUT2D eigenvalue weighted by Crippen LogP contribution is 2.31. The van der Waals surface area contributed by atoms with E-state index in [1.807, 2.05) is 37.3 Å². The Kier molecular flexibility index (Phi) is 3.18. The fourth-order valence-corrected chi connectivity index (χ4v) is 2.55. The minimum atomic E-state index is -0.0233. The van der Waals surface area contributed by atoms with Crippen molar-refractivity contribution < 1.29 is 14.3 Å².